The maximum Gasteiger partial charge on any atom is 0.348 e. The van der Waals surface area contributed by atoms with E-state index in [9.17, 15) is 15.4 Å². The highest BCUT2D eigenvalue weighted by molar-refractivity contribution is 5.23. The number of nitro groups is 1. The Labute approximate surface area is 117 Å². The van der Waals surface area contributed by atoms with Gasteiger partial charge in [-0.1, -0.05) is 30.3 Å². The number of benzene rings is 1. The van der Waals surface area contributed by atoms with Crippen LogP contribution in [0.15, 0.2) is 30.3 Å². The normalized spacial score (nSPS) is 27.2. The summed E-state index contributed by atoms with van der Waals surface area (Å²) in [6, 6.07) is 10.9. The van der Waals surface area contributed by atoms with Gasteiger partial charge >= 0.3 is 6.23 Å². The second-order valence-corrected chi connectivity index (χ2v) is 5.79. The van der Waals surface area contributed by atoms with Crippen molar-refractivity contribution in [1.82, 2.24) is 5.06 Å². The van der Waals surface area contributed by atoms with E-state index >= 15 is 0 Å². The fourth-order valence-electron chi connectivity index (χ4n) is 2.42. The summed E-state index contributed by atoms with van der Waals surface area (Å²) in [7, 11) is 0. The van der Waals surface area contributed by atoms with Crippen LogP contribution in [0.25, 0.3) is 0 Å². The van der Waals surface area contributed by atoms with E-state index in [1.54, 1.807) is 5.06 Å². The summed E-state index contributed by atoms with van der Waals surface area (Å²) in [5.74, 6) is -0.841. The lowest BCUT2D eigenvalue weighted by Crippen LogP contribution is -2.41. The summed E-state index contributed by atoms with van der Waals surface area (Å²) in [5.41, 5.74) is 0.402. The van der Waals surface area contributed by atoms with Crippen LogP contribution in [0.4, 0.5) is 0 Å². The van der Waals surface area contributed by atoms with Gasteiger partial charge in [-0.05, 0) is 26.3 Å². The standard InChI is InChI=1S/C14H17N3O3/c1-14(2,3)16-12(10-7-5-4-6-8-10)11(9-15)13(20-16)17(18)19/h4-8,11-13H,1-3H3/t11-,12-,13-/m0/s1. The Hall–Kier alpha value is -1.97. The lowest BCUT2D eigenvalue weighted by atomic mass is 9.91. The second-order valence-electron chi connectivity index (χ2n) is 5.79. The zero-order valence-corrected chi connectivity index (χ0v) is 11.7. The zero-order valence-electron chi connectivity index (χ0n) is 11.7. The van der Waals surface area contributed by atoms with E-state index in [1.807, 2.05) is 57.2 Å². The molecule has 6 nitrogen and oxygen atoms in total. The number of rotatable bonds is 2. The van der Waals surface area contributed by atoms with Crippen LogP contribution in [0.5, 0.6) is 0 Å². The molecular weight excluding hydrogens is 258 g/mol. The monoisotopic (exact) mass is 275 g/mol. The minimum atomic E-state index is -1.33. The van der Waals surface area contributed by atoms with Crippen molar-refractivity contribution in [2.75, 3.05) is 0 Å². The average molecular weight is 275 g/mol. The smallest absolute Gasteiger partial charge is 0.262 e. The quantitative estimate of drug-likeness (QED) is 0.612. The topological polar surface area (TPSA) is 79.4 Å². The first-order valence-electron chi connectivity index (χ1n) is 6.40. The molecule has 1 aromatic carbocycles. The Morgan fingerprint density at radius 3 is 2.40 bits per heavy atom. The summed E-state index contributed by atoms with van der Waals surface area (Å²) in [5, 5.41) is 22.0. The first kappa shape index (κ1) is 14.4. The van der Waals surface area contributed by atoms with Gasteiger partial charge in [0.1, 0.15) is 0 Å². The van der Waals surface area contributed by atoms with E-state index in [2.05, 4.69) is 0 Å². The Morgan fingerprint density at radius 1 is 1.35 bits per heavy atom. The zero-order chi connectivity index (χ0) is 14.9. The van der Waals surface area contributed by atoms with Gasteiger partial charge in [0.2, 0.25) is 0 Å². The van der Waals surface area contributed by atoms with Crippen LogP contribution in [0.2, 0.25) is 0 Å². The molecule has 106 valence electrons. The van der Waals surface area contributed by atoms with E-state index in [4.69, 9.17) is 4.84 Å². The van der Waals surface area contributed by atoms with Gasteiger partial charge in [0.25, 0.3) is 0 Å². The first-order valence-corrected chi connectivity index (χ1v) is 6.40. The molecule has 1 aliphatic heterocycles. The van der Waals surface area contributed by atoms with Crippen molar-refractivity contribution in [3.8, 4) is 6.07 Å². The third-order valence-electron chi connectivity index (χ3n) is 3.28. The van der Waals surface area contributed by atoms with Gasteiger partial charge in [-0.25, -0.2) is 4.84 Å². The van der Waals surface area contributed by atoms with Gasteiger partial charge in [0.05, 0.1) is 17.0 Å². The SMILES string of the molecule is CC(C)(C)N1O[C@H]([N+](=O)[O-])[C@@H](C#N)[C@@H]1c1ccccc1. The van der Waals surface area contributed by atoms with Crippen molar-refractivity contribution < 1.29 is 9.76 Å². The molecular formula is C14H17N3O3. The van der Waals surface area contributed by atoms with E-state index in [0.29, 0.717) is 0 Å². The average Bonchev–Trinajstić information content (AvgIpc) is 2.79. The molecule has 1 saturated heterocycles. The summed E-state index contributed by atoms with van der Waals surface area (Å²) in [4.78, 5) is 16.1. The van der Waals surface area contributed by atoms with Crippen molar-refractivity contribution in [3.63, 3.8) is 0 Å². The van der Waals surface area contributed by atoms with Crippen molar-refractivity contribution in [1.29, 1.82) is 5.26 Å². The fraction of sp³-hybridized carbons (Fsp3) is 0.500. The molecule has 1 heterocycles. The largest absolute Gasteiger partial charge is 0.348 e. The molecule has 1 aromatic rings. The van der Waals surface area contributed by atoms with Crippen LogP contribution < -0.4 is 0 Å². The summed E-state index contributed by atoms with van der Waals surface area (Å²) < 4.78 is 0. The molecule has 1 aliphatic rings. The van der Waals surface area contributed by atoms with E-state index in [0.717, 1.165) is 5.56 Å². The maximum absolute atomic E-state index is 11.1. The second kappa shape index (κ2) is 5.19. The minimum absolute atomic E-state index is 0.444. The highest BCUT2D eigenvalue weighted by Gasteiger charge is 2.54. The van der Waals surface area contributed by atoms with Gasteiger partial charge < -0.3 is 0 Å². The Bertz CT molecular complexity index is 533. The summed E-state index contributed by atoms with van der Waals surface area (Å²) in [6.07, 6.45) is -1.33. The number of nitrogens with zero attached hydrogens (tertiary/aromatic N) is 3. The van der Waals surface area contributed by atoms with Gasteiger partial charge in [-0.15, -0.1) is 0 Å². The summed E-state index contributed by atoms with van der Waals surface area (Å²) in [6.45, 7) is 5.71. The highest BCUT2D eigenvalue weighted by Crippen LogP contribution is 2.43. The molecule has 0 saturated carbocycles. The Balaban J connectivity index is 2.47. The summed E-state index contributed by atoms with van der Waals surface area (Å²) >= 11 is 0. The molecule has 6 heteroatoms. The molecule has 0 radical (unpaired) electrons. The molecule has 2 rings (SSSR count). The molecule has 0 spiro atoms. The molecule has 0 aliphatic carbocycles. The molecule has 0 bridgehead atoms. The van der Waals surface area contributed by atoms with Crippen molar-refractivity contribution in [2.45, 2.75) is 38.6 Å². The molecule has 20 heavy (non-hydrogen) atoms. The van der Waals surface area contributed by atoms with Crippen LogP contribution in [0, 0.1) is 27.4 Å². The third kappa shape index (κ3) is 2.50. The van der Waals surface area contributed by atoms with Crippen LogP contribution in [-0.2, 0) is 4.84 Å². The van der Waals surface area contributed by atoms with Crippen LogP contribution in [0.1, 0.15) is 32.4 Å². The van der Waals surface area contributed by atoms with Gasteiger partial charge in [-0.3, -0.25) is 10.1 Å². The van der Waals surface area contributed by atoms with Gasteiger partial charge in [0.15, 0.2) is 5.92 Å². The third-order valence-corrected chi connectivity index (χ3v) is 3.28. The predicted molar refractivity (Wildman–Crippen MR) is 71.7 cm³/mol. The van der Waals surface area contributed by atoms with Crippen molar-refractivity contribution >= 4 is 0 Å². The van der Waals surface area contributed by atoms with E-state index < -0.39 is 28.6 Å². The lowest BCUT2D eigenvalue weighted by molar-refractivity contribution is -0.591. The first-order chi connectivity index (χ1) is 9.36. The van der Waals surface area contributed by atoms with E-state index in [1.165, 1.54) is 0 Å². The molecule has 1 fully saturated rings. The molecule has 0 aromatic heterocycles. The number of hydrogen-bond acceptors (Lipinski definition) is 5. The number of hydroxylamine groups is 2. The molecule has 0 amide bonds. The number of nitriles is 1. The van der Waals surface area contributed by atoms with Gasteiger partial charge in [0, 0.05) is 5.54 Å². The van der Waals surface area contributed by atoms with Crippen LogP contribution in [0.3, 0.4) is 0 Å². The van der Waals surface area contributed by atoms with Crippen LogP contribution >= 0.6 is 0 Å². The predicted octanol–water partition coefficient (Wildman–Crippen LogP) is 2.52. The Kier molecular flexibility index (Phi) is 3.75. The van der Waals surface area contributed by atoms with Crippen LogP contribution in [-0.4, -0.2) is 21.8 Å². The highest BCUT2D eigenvalue weighted by atomic mass is 16.8. The molecule has 0 unspecified atom stereocenters. The minimum Gasteiger partial charge on any atom is -0.262 e. The van der Waals surface area contributed by atoms with Crippen molar-refractivity contribution in [3.05, 3.63) is 46.0 Å². The molecule has 0 N–H and O–H groups in total. The fourth-order valence-corrected chi connectivity index (χ4v) is 2.42. The van der Waals surface area contributed by atoms with Gasteiger partial charge in [-0.2, -0.15) is 10.3 Å². The Morgan fingerprint density at radius 2 is 1.95 bits per heavy atom. The number of hydrogen-bond donors (Lipinski definition) is 0. The van der Waals surface area contributed by atoms with Crippen molar-refractivity contribution in [2.24, 2.45) is 5.92 Å². The lowest BCUT2D eigenvalue weighted by Gasteiger charge is -2.34. The maximum atomic E-state index is 11.1. The molecule has 3 atom stereocenters. The van der Waals surface area contributed by atoms with E-state index in [-0.39, 0.29) is 0 Å².